The van der Waals surface area contributed by atoms with Gasteiger partial charge in [0.1, 0.15) is 12.2 Å². The monoisotopic (exact) mass is 293 g/mol. The van der Waals surface area contributed by atoms with Crippen LogP contribution in [0.25, 0.3) is 0 Å². The molecule has 1 fully saturated rings. The van der Waals surface area contributed by atoms with Crippen molar-refractivity contribution in [3.63, 3.8) is 0 Å². The molecule has 0 aliphatic carbocycles. The molecule has 5 heteroatoms. The minimum absolute atomic E-state index is 0.370. The van der Waals surface area contributed by atoms with E-state index in [2.05, 4.69) is 59.6 Å². The zero-order valence-electron chi connectivity index (χ0n) is 14.2. The molecule has 0 radical (unpaired) electrons. The molecular weight excluding hydrogens is 262 g/mol. The standard InChI is InChI=1S/C16H31N5/c1-6-13(5)15-8-17-14(7-2)9-20(15)10-16-18-11-19-21(16)12(3)4/h11-15,17H,6-10H2,1-5H3. The van der Waals surface area contributed by atoms with E-state index >= 15 is 0 Å². The molecule has 5 nitrogen and oxygen atoms in total. The smallest absolute Gasteiger partial charge is 0.141 e. The molecule has 0 aromatic carbocycles. The fourth-order valence-electron chi connectivity index (χ4n) is 3.19. The lowest BCUT2D eigenvalue weighted by Gasteiger charge is -2.42. The van der Waals surface area contributed by atoms with Gasteiger partial charge in [-0.2, -0.15) is 5.10 Å². The van der Waals surface area contributed by atoms with Crippen LogP contribution in [0.15, 0.2) is 6.33 Å². The predicted molar refractivity (Wildman–Crippen MR) is 86.1 cm³/mol. The second kappa shape index (κ2) is 7.36. The molecule has 1 aromatic rings. The molecule has 1 aliphatic rings. The third-order valence-corrected chi connectivity index (χ3v) is 4.81. The van der Waals surface area contributed by atoms with E-state index in [0.717, 1.165) is 25.5 Å². The Morgan fingerprint density at radius 3 is 2.71 bits per heavy atom. The summed E-state index contributed by atoms with van der Waals surface area (Å²) in [5, 5.41) is 8.07. The Kier molecular flexibility index (Phi) is 5.76. The maximum Gasteiger partial charge on any atom is 0.141 e. The summed E-state index contributed by atoms with van der Waals surface area (Å²) < 4.78 is 2.05. The first-order valence-electron chi connectivity index (χ1n) is 8.42. The fourth-order valence-corrected chi connectivity index (χ4v) is 3.19. The number of aromatic nitrogens is 3. The molecule has 1 N–H and O–H groups in total. The summed E-state index contributed by atoms with van der Waals surface area (Å²) in [6.07, 6.45) is 4.09. The van der Waals surface area contributed by atoms with Crippen molar-refractivity contribution >= 4 is 0 Å². The second-order valence-corrected chi connectivity index (χ2v) is 6.61. The highest BCUT2D eigenvalue weighted by Gasteiger charge is 2.31. The molecule has 0 spiro atoms. The van der Waals surface area contributed by atoms with Crippen molar-refractivity contribution < 1.29 is 0 Å². The minimum atomic E-state index is 0.370. The number of piperazine rings is 1. The molecule has 1 aromatic heterocycles. The molecule has 3 unspecified atom stereocenters. The maximum atomic E-state index is 4.49. The Labute approximate surface area is 129 Å². The van der Waals surface area contributed by atoms with E-state index < -0.39 is 0 Å². The molecule has 0 bridgehead atoms. The number of hydrogen-bond donors (Lipinski definition) is 1. The number of nitrogens with one attached hydrogen (secondary N) is 1. The highest BCUT2D eigenvalue weighted by Crippen LogP contribution is 2.21. The van der Waals surface area contributed by atoms with Crippen LogP contribution in [0.2, 0.25) is 0 Å². The third-order valence-electron chi connectivity index (χ3n) is 4.81. The Morgan fingerprint density at radius 2 is 2.10 bits per heavy atom. The Bertz CT molecular complexity index is 428. The van der Waals surface area contributed by atoms with Crippen LogP contribution in [0, 0.1) is 5.92 Å². The molecule has 1 aliphatic heterocycles. The van der Waals surface area contributed by atoms with Gasteiger partial charge in [-0.15, -0.1) is 0 Å². The highest BCUT2D eigenvalue weighted by atomic mass is 15.4. The second-order valence-electron chi connectivity index (χ2n) is 6.61. The topological polar surface area (TPSA) is 46.0 Å². The van der Waals surface area contributed by atoms with Gasteiger partial charge in [0, 0.05) is 31.2 Å². The van der Waals surface area contributed by atoms with Gasteiger partial charge in [0.2, 0.25) is 0 Å². The zero-order valence-corrected chi connectivity index (χ0v) is 14.2. The summed E-state index contributed by atoms with van der Waals surface area (Å²) in [6.45, 7) is 14.3. The summed E-state index contributed by atoms with van der Waals surface area (Å²) in [6, 6.07) is 1.56. The van der Waals surface area contributed by atoms with Crippen LogP contribution in [0.3, 0.4) is 0 Å². The van der Waals surface area contributed by atoms with Gasteiger partial charge in [0.25, 0.3) is 0 Å². The van der Waals surface area contributed by atoms with Crippen LogP contribution in [0.1, 0.15) is 59.3 Å². The van der Waals surface area contributed by atoms with E-state index in [1.807, 2.05) is 0 Å². The summed E-state index contributed by atoms with van der Waals surface area (Å²) in [7, 11) is 0. The minimum Gasteiger partial charge on any atom is -0.311 e. The summed E-state index contributed by atoms with van der Waals surface area (Å²) in [5.41, 5.74) is 0. The molecule has 1 saturated heterocycles. The van der Waals surface area contributed by atoms with E-state index in [-0.39, 0.29) is 0 Å². The highest BCUT2D eigenvalue weighted by molar-refractivity contribution is 4.93. The Morgan fingerprint density at radius 1 is 1.33 bits per heavy atom. The van der Waals surface area contributed by atoms with Gasteiger partial charge in [0.05, 0.1) is 6.54 Å². The predicted octanol–water partition coefficient (Wildman–Crippen LogP) is 2.46. The molecule has 2 heterocycles. The summed E-state index contributed by atoms with van der Waals surface area (Å²) in [5.74, 6) is 1.79. The van der Waals surface area contributed by atoms with E-state index in [1.165, 1.54) is 12.8 Å². The van der Waals surface area contributed by atoms with Crippen LogP contribution >= 0.6 is 0 Å². The zero-order chi connectivity index (χ0) is 15.4. The SMILES string of the molecule is CCC1CN(Cc2ncnn2C(C)C)C(C(C)CC)CN1. The average molecular weight is 293 g/mol. The van der Waals surface area contributed by atoms with Crippen LogP contribution in [-0.4, -0.2) is 44.8 Å². The number of rotatable bonds is 6. The van der Waals surface area contributed by atoms with E-state index in [0.29, 0.717) is 24.0 Å². The first kappa shape index (κ1) is 16.4. The molecular formula is C16H31N5. The lowest BCUT2D eigenvalue weighted by molar-refractivity contribution is 0.0790. The van der Waals surface area contributed by atoms with Crippen LogP contribution in [0.4, 0.5) is 0 Å². The average Bonchev–Trinajstić information content (AvgIpc) is 2.94. The molecule has 21 heavy (non-hydrogen) atoms. The van der Waals surface area contributed by atoms with Crippen LogP contribution in [0.5, 0.6) is 0 Å². The van der Waals surface area contributed by atoms with Crippen LogP contribution in [-0.2, 0) is 6.54 Å². The van der Waals surface area contributed by atoms with Gasteiger partial charge in [-0.05, 0) is 26.2 Å². The number of hydrogen-bond acceptors (Lipinski definition) is 4. The molecule has 2 rings (SSSR count). The number of nitrogens with zero attached hydrogens (tertiary/aromatic N) is 4. The van der Waals surface area contributed by atoms with Gasteiger partial charge in [-0.1, -0.05) is 27.2 Å². The van der Waals surface area contributed by atoms with Crippen molar-refractivity contribution in [2.75, 3.05) is 13.1 Å². The lowest BCUT2D eigenvalue weighted by atomic mass is 9.94. The summed E-state index contributed by atoms with van der Waals surface area (Å²) >= 11 is 0. The van der Waals surface area contributed by atoms with Crippen molar-refractivity contribution in [2.45, 2.75) is 72.1 Å². The Hall–Kier alpha value is -0.940. The summed E-state index contributed by atoms with van der Waals surface area (Å²) in [4.78, 5) is 7.10. The molecule has 0 saturated carbocycles. The van der Waals surface area contributed by atoms with Gasteiger partial charge in [-0.25, -0.2) is 9.67 Å². The van der Waals surface area contributed by atoms with Crippen molar-refractivity contribution in [2.24, 2.45) is 5.92 Å². The first-order valence-corrected chi connectivity index (χ1v) is 8.42. The molecule has 0 amide bonds. The van der Waals surface area contributed by atoms with Crippen molar-refractivity contribution in [1.82, 2.24) is 25.0 Å². The molecule has 3 atom stereocenters. The van der Waals surface area contributed by atoms with Crippen molar-refractivity contribution in [1.29, 1.82) is 0 Å². The van der Waals surface area contributed by atoms with Gasteiger partial charge in [0.15, 0.2) is 0 Å². The fraction of sp³-hybridized carbons (Fsp3) is 0.875. The van der Waals surface area contributed by atoms with Gasteiger partial charge in [-0.3, -0.25) is 4.90 Å². The molecule has 120 valence electrons. The van der Waals surface area contributed by atoms with Crippen LogP contribution < -0.4 is 5.32 Å². The normalized spacial score (nSPS) is 25.4. The van der Waals surface area contributed by atoms with Crippen molar-refractivity contribution in [3.8, 4) is 0 Å². The van der Waals surface area contributed by atoms with E-state index in [1.54, 1.807) is 6.33 Å². The van der Waals surface area contributed by atoms with Crippen molar-refractivity contribution in [3.05, 3.63) is 12.2 Å². The van der Waals surface area contributed by atoms with E-state index in [9.17, 15) is 0 Å². The van der Waals surface area contributed by atoms with E-state index in [4.69, 9.17) is 0 Å². The first-order chi connectivity index (χ1) is 10.1. The maximum absolute atomic E-state index is 4.49. The van der Waals surface area contributed by atoms with Gasteiger partial charge < -0.3 is 5.32 Å². The Balaban J connectivity index is 2.13. The van der Waals surface area contributed by atoms with Gasteiger partial charge >= 0.3 is 0 Å². The largest absolute Gasteiger partial charge is 0.311 e. The third kappa shape index (κ3) is 3.83. The quantitative estimate of drug-likeness (QED) is 0.875. The lowest BCUT2D eigenvalue weighted by Crippen LogP contribution is -2.58.